The summed E-state index contributed by atoms with van der Waals surface area (Å²) in [6, 6.07) is 3.79. The van der Waals surface area contributed by atoms with Gasteiger partial charge >= 0.3 is 0 Å². The Hall–Kier alpha value is -1.16. The molecule has 0 aliphatic rings. The van der Waals surface area contributed by atoms with Crippen molar-refractivity contribution in [3.05, 3.63) is 29.8 Å². The molecule has 1 unspecified atom stereocenters. The maximum Gasteiger partial charge on any atom is 0.160 e. The van der Waals surface area contributed by atoms with E-state index in [0.717, 1.165) is 18.6 Å². The van der Waals surface area contributed by atoms with Gasteiger partial charge < -0.3 is 11.1 Å². The van der Waals surface area contributed by atoms with Crippen LogP contribution < -0.4 is 11.1 Å². The molecule has 0 spiro atoms. The highest BCUT2D eigenvalue weighted by Gasteiger charge is 2.02. The van der Waals surface area contributed by atoms with Crippen molar-refractivity contribution in [3.63, 3.8) is 0 Å². The zero-order valence-corrected chi connectivity index (χ0v) is 8.76. The molecule has 0 radical (unpaired) electrons. The first-order valence-electron chi connectivity index (χ1n) is 5.02. The zero-order valence-electron chi connectivity index (χ0n) is 8.76. The molecule has 3 N–H and O–H groups in total. The molecule has 0 fully saturated rings. The van der Waals surface area contributed by atoms with Crippen molar-refractivity contribution in [2.24, 2.45) is 11.7 Å². The minimum Gasteiger partial charge on any atom is -0.385 e. The fourth-order valence-corrected chi connectivity index (χ4v) is 1.19. The summed E-state index contributed by atoms with van der Waals surface area (Å²) in [6.07, 6.45) is 0.912. The smallest absolute Gasteiger partial charge is 0.160 e. The first kappa shape index (κ1) is 11.9. The van der Waals surface area contributed by atoms with Crippen molar-refractivity contribution in [2.45, 2.75) is 13.3 Å². The molecule has 0 saturated carbocycles. The molecule has 0 aromatic heterocycles. The third kappa shape index (κ3) is 3.83. The van der Waals surface area contributed by atoms with E-state index in [0.29, 0.717) is 24.7 Å². The monoisotopic (exact) mass is 214 g/mol. The number of nitrogens with two attached hydrogens (primary N) is 1. The molecule has 1 atom stereocenters. The third-order valence-corrected chi connectivity index (χ3v) is 2.29. The largest absolute Gasteiger partial charge is 0.385 e. The Morgan fingerprint density at radius 1 is 1.33 bits per heavy atom. The molecule has 1 aromatic carbocycles. The van der Waals surface area contributed by atoms with Crippen LogP contribution in [-0.4, -0.2) is 13.1 Å². The number of nitrogens with one attached hydrogen (secondary N) is 1. The number of benzene rings is 1. The van der Waals surface area contributed by atoms with Crippen LogP contribution in [0.25, 0.3) is 0 Å². The quantitative estimate of drug-likeness (QED) is 0.789. The van der Waals surface area contributed by atoms with E-state index in [1.807, 2.05) is 6.92 Å². The van der Waals surface area contributed by atoms with Crippen LogP contribution in [0.15, 0.2) is 18.2 Å². The first-order chi connectivity index (χ1) is 7.13. The van der Waals surface area contributed by atoms with Gasteiger partial charge in [-0.05, 0) is 37.1 Å². The van der Waals surface area contributed by atoms with Crippen LogP contribution >= 0.6 is 0 Å². The van der Waals surface area contributed by atoms with E-state index >= 15 is 0 Å². The second kappa shape index (κ2) is 5.66. The lowest BCUT2D eigenvalue weighted by Crippen LogP contribution is -2.15. The Balaban J connectivity index is 2.41. The average Bonchev–Trinajstić information content (AvgIpc) is 2.23. The fraction of sp³-hybridized carbons (Fsp3) is 0.455. The SMILES string of the molecule is CC(CN)CCNc1ccc(F)c(F)c1. The van der Waals surface area contributed by atoms with Crippen LogP contribution in [0.4, 0.5) is 14.5 Å². The van der Waals surface area contributed by atoms with E-state index in [2.05, 4.69) is 5.32 Å². The summed E-state index contributed by atoms with van der Waals surface area (Å²) in [7, 11) is 0. The number of anilines is 1. The van der Waals surface area contributed by atoms with Crippen LogP contribution in [0.5, 0.6) is 0 Å². The lowest BCUT2D eigenvalue weighted by Gasteiger charge is -2.10. The molecule has 84 valence electrons. The van der Waals surface area contributed by atoms with Gasteiger partial charge in [0.05, 0.1) is 0 Å². The van der Waals surface area contributed by atoms with Crippen molar-refractivity contribution in [2.75, 3.05) is 18.4 Å². The van der Waals surface area contributed by atoms with Crippen molar-refractivity contribution in [1.29, 1.82) is 0 Å². The van der Waals surface area contributed by atoms with Crippen molar-refractivity contribution in [3.8, 4) is 0 Å². The molecular weight excluding hydrogens is 198 g/mol. The predicted octanol–water partition coefficient (Wildman–Crippen LogP) is 2.36. The summed E-state index contributed by atoms with van der Waals surface area (Å²) >= 11 is 0. The normalized spacial score (nSPS) is 12.5. The molecule has 2 nitrogen and oxygen atoms in total. The highest BCUT2D eigenvalue weighted by molar-refractivity contribution is 5.43. The van der Waals surface area contributed by atoms with Crippen molar-refractivity contribution in [1.82, 2.24) is 0 Å². The maximum absolute atomic E-state index is 12.8. The molecular formula is C11H16F2N2. The summed E-state index contributed by atoms with van der Waals surface area (Å²) in [6.45, 7) is 3.40. The van der Waals surface area contributed by atoms with Gasteiger partial charge in [-0.1, -0.05) is 6.92 Å². The summed E-state index contributed by atoms with van der Waals surface area (Å²) in [5.74, 6) is -1.22. The minimum absolute atomic E-state index is 0.433. The first-order valence-corrected chi connectivity index (χ1v) is 5.02. The Morgan fingerprint density at radius 2 is 2.07 bits per heavy atom. The lowest BCUT2D eigenvalue weighted by molar-refractivity contribution is 0.509. The maximum atomic E-state index is 12.8. The van der Waals surface area contributed by atoms with Crippen LogP contribution in [0.3, 0.4) is 0 Å². The van der Waals surface area contributed by atoms with Gasteiger partial charge in [0.1, 0.15) is 0 Å². The Labute approximate surface area is 88.5 Å². The van der Waals surface area contributed by atoms with E-state index in [4.69, 9.17) is 5.73 Å². The molecule has 1 aromatic rings. The van der Waals surface area contributed by atoms with E-state index in [1.165, 1.54) is 6.07 Å². The Kier molecular flexibility index (Phi) is 4.49. The van der Waals surface area contributed by atoms with E-state index in [9.17, 15) is 8.78 Å². The molecule has 4 heteroatoms. The summed E-state index contributed by atoms with van der Waals surface area (Å²) in [5.41, 5.74) is 6.05. The number of hydrogen-bond acceptors (Lipinski definition) is 2. The van der Waals surface area contributed by atoms with Crippen LogP contribution in [0.2, 0.25) is 0 Å². The number of halogens is 2. The van der Waals surface area contributed by atoms with Gasteiger partial charge in [-0.3, -0.25) is 0 Å². The van der Waals surface area contributed by atoms with Gasteiger partial charge in [0.2, 0.25) is 0 Å². The predicted molar refractivity (Wildman–Crippen MR) is 57.7 cm³/mol. The van der Waals surface area contributed by atoms with Gasteiger partial charge in [0.25, 0.3) is 0 Å². The van der Waals surface area contributed by atoms with Crippen LogP contribution in [-0.2, 0) is 0 Å². The topological polar surface area (TPSA) is 38.0 Å². The van der Waals surface area contributed by atoms with Gasteiger partial charge in [-0.15, -0.1) is 0 Å². The molecule has 0 bridgehead atoms. The molecule has 15 heavy (non-hydrogen) atoms. The average molecular weight is 214 g/mol. The summed E-state index contributed by atoms with van der Waals surface area (Å²) in [5, 5.41) is 3.02. The Bertz CT molecular complexity index is 315. The van der Waals surface area contributed by atoms with E-state index in [1.54, 1.807) is 0 Å². The number of rotatable bonds is 5. The van der Waals surface area contributed by atoms with Crippen molar-refractivity contribution < 1.29 is 8.78 Å². The van der Waals surface area contributed by atoms with Crippen LogP contribution in [0, 0.1) is 17.6 Å². The van der Waals surface area contributed by atoms with E-state index < -0.39 is 11.6 Å². The fourth-order valence-electron chi connectivity index (χ4n) is 1.19. The van der Waals surface area contributed by atoms with Gasteiger partial charge in [-0.25, -0.2) is 8.78 Å². The Morgan fingerprint density at radius 3 is 2.67 bits per heavy atom. The molecule has 1 rings (SSSR count). The highest BCUT2D eigenvalue weighted by atomic mass is 19.2. The minimum atomic E-state index is -0.827. The molecule has 0 heterocycles. The molecule has 0 amide bonds. The van der Waals surface area contributed by atoms with Gasteiger partial charge in [0, 0.05) is 12.2 Å². The molecule has 0 saturated heterocycles. The third-order valence-electron chi connectivity index (χ3n) is 2.29. The second-order valence-electron chi connectivity index (χ2n) is 3.69. The number of hydrogen-bond donors (Lipinski definition) is 2. The highest BCUT2D eigenvalue weighted by Crippen LogP contribution is 2.13. The van der Waals surface area contributed by atoms with E-state index in [-0.39, 0.29) is 0 Å². The second-order valence-corrected chi connectivity index (χ2v) is 3.69. The van der Waals surface area contributed by atoms with Gasteiger partial charge in [0.15, 0.2) is 11.6 Å². The molecule has 0 aliphatic heterocycles. The lowest BCUT2D eigenvalue weighted by atomic mass is 10.1. The van der Waals surface area contributed by atoms with Gasteiger partial charge in [-0.2, -0.15) is 0 Å². The van der Waals surface area contributed by atoms with Crippen molar-refractivity contribution >= 4 is 5.69 Å². The molecule has 0 aliphatic carbocycles. The summed E-state index contributed by atoms with van der Waals surface area (Å²) in [4.78, 5) is 0. The van der Waals surface area contributed by atoms with Crippen LogP contribution in [0.1, 0.15) is 13.3 Å². The standard InChI is InChI=1S/C11H16F2N2/c1-8(7-14)4-5-15-9-2-3-10(12)11(13)6-9/h2-3,6,8,15H,4-5,7,14H2,1H3. The summed E-state index contributed by atoms with van der Waals surface area (Å²) < 4.78 is 25.4. The zero-order chi connectivity index (χ0) is 11.3.